The van der Waals surface area contributed by atoms with Crippen LogP contribution >= 0.6 is 0 Å². The molecule has 1 aliphatic rings. The van der Waals surface area contributed by atoms with Crippen LogP contribution in [-0.2, 0) is 14.4 Å². The molecule has 1 N–H and O–H groups in total. The van der Waals surface area contributed by atoms with Crippen molar-refractivity contribution in [1.29, 1.82) is 0 Å². The van der Waals surface area contributed by atoms with Crippen molar-refractivity contribution < 1.29 is 19.5 Å². The van der Waals surface area contributed by atoms with E-state index in [2.05, 4.69) is 0 Å². The molecule has 0 radical (unpaired) electrons. The molecule has 0 aromatic heterocycles. The quantitative estimate of drug-likeness (QED) is 0.651. The molecule has 1 fully saturated rings. The summed E-state index contributed by atoms with van der Waals surface area (Å²) in [4.78, 5) is 25.6. The fourth-order valence-electron chi connectivity index (χ4n) is 1.01. The Balaban J connectivity index is 2.23. The van der Waals surface area contributed by atoms with Gasteiger partial charge in [-0.3, -0.25) is 9.59 Å². The van der Waals surface area contributed by atoms with Crippen LogP contribution in [0.5, 0.6) is 0 Å². The van der Waals surface area contributed by atoms with Crippen LogP contribution in [0.3, 0.4) is 0 Å². The summed E-state index contributed by atoms with van der Waals surface area (Å²) in [5, 5.41) is 9.75. The molecule has 12 heavy (non-hydrogen) atoms. The Kier molecular flexibility index (Phi) is 3.04. The largest absolute Gasteiger partial charge is 0.481 e. The van der Waals surface area contributed by atoms with Gasteiger partial charge in [-0.2, -0.15) is 0 Å². The SMILES string of the molecule is O=C(O)CCN1CCCC(=O)O1. The molecule has 68 valence electrons. The highest BCUT2D eigenvalue weighted by Gasteiger charge is 2.18. The average molecular weight is 173 g/mol. The summed E-state index contributed by atoms with van der Waals surface area (Å²) in [5.74, 6) is -1.15. The molecule has 1 rings (SSSR count). The molecule has 0 aromatic carbocycles. The minimum absolute atomic E-state index is 0.00722. The lowest BCUT2D eigenvalue weighted by Crippen LogP contribution is -2.34. The van der Waals surface area contributed by atoms with Crippen molar-refractivity contribution in [1.82, 2.24) is 5.06 Å². The number of carbonyl (C=O) groups is 2. The maximum atomic E-state index is 10.7. The number of carbonyl (C=O) groups excluding carboxylic acids is 1. The first-order valence-electron chi connectivity index (χ1n) is 3.86. The molecule has 5 heteroatoms. The van der Waals surface area contributed by atoms with E-state index < -0.39 is 5.97 Å². The molecule has 0 aromatic rings. The molecule has 0 atom stereocenters. The summed E-state index contributed by atoms with van der Waals surface area (Å²) in [7, 11) is 0. The van der Waals surface area contributed by atoms with Gasteiger partial charge in [0, 0.05) is 19.5 Å². The number of hydrogen-bond donors (Lipinski definition) is 1. The first-order chi connectivity index (χ1) is 5.68. The second kappa shape index (κ2) is 4.06. The Bertz CT molecular complexity index is 192. The lowest BCUT2D eigenvalue weighted by Gasteiger charge is -2.24. The van der Waals surface area contributed by atoms with E-state index >= 15 is 0 Å². The topological polar surface area (TPSA) is 66.8 Å². The molecule has 1 aliphatic heterocycles. The van der Waals surface area contributed by atoms with Crippen molar-refractivity contribution >= 4 is 11.9 Å². The van der Waals surface area contributed by atoms with Crippen molar-refractivity contribution in [3.63, 3.8) is 0 Å². The third kappa shape index (κ3) is 2.87. The number of hydrogen-bond acceptors (Lipinski definition) is 4. The summed E-state index contributed by atoms with van der Waals surface area (Å²) in [5.41, 5.74) is 0. The van der Waals surface area contributed by atoms with E-state index in [9.17, 15) is 9.59 Å². The van der Waals surface area contributed by atoms with E-state index in [0.717, 1.165) is 6.42 Å². The molecule has 5 nitrogen and oxygen atoms in total. The maximum absolute atomic E-state index is 10.7. The number of rotatable bonds is 3. The Hall–Kier alpha value is -1.10. The molecular weight excluding hydrogens is 162 g/mol. The van der Waals surface area contributed by atoms with E-state index in [-0.39, 0.29) is 18.9 Å². The highest BCUT2D eigenvalue weighted by atomic mass is 16.7. The van der Waals surface area contributed by atoms with Gasteiger partial charge in [0.25, 0.3) is 0 Å². The van der Waals surface area contributed by atoms with Crippen LogP contribution in [0, 0.1) is 0 Å². The first-order valence-corrected chi connectivity index (χ1v) is 3.86. The number of carboxylic acid groups (broad SMARTS) is 1. The Morgan fingerprint density at radius 1 is 1.67 bits per heavy atom. The fraction of sp³-hybridized carbons (Fsp3) is 0.714. The summed E-state index contributed by atoms with van der Waals surface area (Å²) < 4.78 is 0. The first kappa shape index (κ1) is 8.99. The molecule has 0 amide bonds. The average Bonchev–Trinajstić information content (AvgIpc) is 2.01. The van der Waals surface area contributed by atoms with Crippen LogP contribution in [0.4, 0.5) is 0 Å². The van der Waals surface area contributed by atoms with Crippen LogP contribution in [0.2, 0.25) is 0 Å². The predicted octanol–water partition coefficient (Wildman–Crippen LogP) is 0.0151. The highest BCUT2D eigenvalue weighted by molar-refractivity contribution is 5.69. The van der Waals surface area contributed by atoms with Crippen molar-refractivity contribution in [2.45, 2.75) is 19.3 Å². The molecule has 0 saturated carbocycles. The van der Waals surface area contributed by atoms with Gasteiger partial charge in [0.15, 0.2) is 0 Å². The molecule has 1 heterocycles. The van der Waals surface area contributed by atoms with Gasteiger partial charge in [0.2, 0.25) is 0 Å². The molecule has 0 aliphatic carbocycles. The minimum Gasteiger partial charge on any atom is -0.481 e. The molecular formula is C7H11NO4. The van der Waals surface area contributed by atoms with Crippen molar-refractivity contribution in [2.24, 2.45) is 0 Å². The number of aliphatic carboxylic acids is 1. The Morgan fingerprint density at radius 3 is 3.00 bits per heavy atom. The molecule has 0 unspecified atom stereocenters. The number of hydroxylamine groups is 2. The van der Waals surface area contributed by atoms with Crippen LogP contribution < -0.4 is 0 Å². The number of carboxylic acids is 1. The Morgan fingerprint density at radius 2 is 2.42 bits per heavy atom. The maximum Gasteiger partial charge on any atom is 0.325 e. The second-order valence-electron chi connectivity index (χ2n) is 2.64. The van der Waals surface area contributed by atoms with Gasteiger partial charge in [0.05, 0.1) is 6.42 Å². The van der Waals surface area contributed by atoms with E-state index in [1.54, 1.807) is 0 Å². The van der Waals surface area contributed by atoms with Crippen LogP contribution in [0.1, 0.15) is 19.3 Å². The summed E-state index contributed by atoms with van der Waals surface area (Å²) in [6.07, 6.45) is 1.19. The standard InChI is InChI=1S/C7H11NO4/c9-6(10)3-5-8-4-1-2-7(11)12-8/h1-5H2,(H,9,10). The third-order valence-electron chi connectivity index (χ3n) is 1.59. The second-order valence-corrected chi connectivity index (χ2v) is 2.64. The lowest BCUT2D eigenvalue weighted by molar-refractivity contribution is -0.201. The van der Waals surface area contributed by atoms with Gasteiger partial charge < -0.3 is 9.94 Å². The summed E-state index contributed by atoms with van der Waals surface area (Å²) >= 11 is 0. The van der Waals surface area contributed by atoms with Gasteiger partial charge in [-0.1, -0.05) is 0 Å². The van der Waals surface area contributed by atoms with Crippen molar-refractivity contribution in [2.75, 3.05) is 13.1 Å². The molecule has 0 spiro atoms. The van der Waals surface area contributed by atoms with Gasteiger partial charge in [-0.25, -0.2) is 0 Å². The van der Waals surface area contributed by atoms with Gasteiger partial charge in [-0.05, 0) is 6.42 Å². The van der Waals surface area contributed by atoms with Crippen LogP contribution in [0.15, 0.2) is 0 Å². The monoisotopic (exact) mass is 173 g/mol. The van der Waals surface area contributed by atoms with Gasteiger partial charge in [-0.15, -0.1) is 5.06 Å². The van der Waals surface area contributed by atoms with Gasteiger partial charge >= 0.3 is 11.9 Å². The zero-order valence-corrected chi connectivity index (χ0v) is 6.65. The van der Waals surface area contributed by atoms with Crippen LogP contribution in [0.25, 0.3) is 0 Å². The molecule has 1 saturated heterocycles. The smallest absolute Gasteiger partial charge is 0.325 e. The predicted molar refractivity (Wildman–Crippen MR) is 39.2 cm³/mol. The van der Waals surface area contributed by atoms with E-state index in [1.165, 1.54) is 5.06 Å². The molecule has 0 bridgehead atoms. The van der Waals surface area contributed by atoms with E-state index in [1.807, 2.05) is 0 Å². The zero-order chi connectivity index (χ0) is 8.97. The third-order valence-corrected chi connectivity index (χ3v) is 1.59. The van der Waals surface area contributed by atoms with E-state index in [0.29, 0.717) is 13.0 Å². The van der Waals surface area contributed by atoms with Crippen molar-refractivity contribution in [3.05, 3.63) is 0 Å². The minimum atomic E-state index is -0.878. The van der Waals surface area contributed by atoms with Crippen molar-refractivity contribution in [3.8, 4) is 0 Å². The normalized spacial score (nSPS) is 18.8. The van der Waals surface area contributed by atoms with E-state index in [4.69, 9.17) is 9.94 Å². The summed E-state index contributed by atoms with van der Waals surface area (Å²) in [6.45, 7) is 0.917. The lowest BCUT2D eigenvalue weighted by atomic mass is 10.3. The highest BCUT2D eigenvalue weighted by Crippen LogP contribution is 2.07. The summed E-state index contributed by atoms with van der Waals surface area (Å²) in [6, 6.07) is 0. The van der Waals surface area contributed by atoms with Crippen LogP contribution in [-0.4, -0.2) is 35.2 Å². The fourth-order valence-corrected chi connectivity index (χ4v) is 1.01. The Labute approximate surface area is 69.9 Å². The number of nitrogens with zero attached hydrogens (tertiary/aromatic N) is 1. The zero-order valence-electron chi connectivity index (χ0n) is 6.65. The van der Waals surface area contributed by atoms with Gasteiger partial charge in [0.1, 0.15) is 0 Å².